The second kappa shape index (κ2) is 7.47. The number of carbonyl (C=O) groups excluding carboxylic acids is 1. The van der Waals surface area contributed by atoms with E-state index in [0.717, 1.165) is 20.5 Å². The molecule has 1 amide bonds. The maximum Gasteiger partial charge on any atom is 0.244 e. The average Bonchev–Trinajstić information content (AvgIpc) is 2.94. The summed E-state index contributed by atoms with van der Waals surface area (Å²) in [6.07, 6.45) is 4.87. The van der Waals surface area contributed by atoms with Crippen molar-refractivity contribution in [3.8, 4) is 5.88 Å². The van der Waals surface area contributed by atoms with Crippen molar-refractivity contribution in [3.63, 3.8) is 0 Å². The Morgan fingerprint density at radius 1 is 1.33 bits per heavy atom. The van der Waals surface area contributed by atoms with E-state index in [0.29, 0.717) is 17.4 Å². The summed E-state index contributed by atoms with van der Waals surface area (Å²) < 4.78 is 6.26. The lowest BCUT2D eigenvalue weighted by molar-refractivity contribution is -0.116. The molecule has 0 bridgehead atoms. The number of hydrogen-bond acceptors (Lipinski definition) is 4. The lowest BCUT2D eigenvalue weighted by atomic mass is 10.2. The quantitative estimate of drug-likeness (QED) is 0.692. The van der Waals surface area contributed by atoms with Crippen molar-refractivity contribution in [3.05, 3.63) is 64.1 Å². The lowest BCUT2D eigenvalue weighted by Gasteiger charge is -2.06. The van der Waals surface area contributed by atoms with Crippen LogP contribution in [0.2, 0.25) is 5.02 Å². The number of amides is 1. The van der Waals surface area contributed by atoms with Gasteiger partial charge in [0.1, 0.15) is 0 Å². The predicted molar refractivity (Wildman–Crippen MR) is 98.5 cm³/mol. The number of nitrogens with one attached hydrogen (secondary N) is 1. The standard InChI is InChI=1S/C18H15ClN2O2S/c1-23-18-12(5-4-10-20-18)11-21-16(22)9-8-15-17(19)13-6-2-3-7-14(13)24-15/h2-10H,11H2,1H3,(H,21,22)/b9-8+. The molecular weight excluding hydrogens is 344 g/mol. The van der Waals surface area contributed by atoms with Crippen LogP contribution in [-0.4, -0.2) is 18.0 Å². The first-order valence-corrected chi connectivity index (χ1v) is 8.49. The molecule has 122 valence electrons. The summed E-state index contributed by atoms with van der Waals surface area (Å²) in [5.41, 5.74) is 0.821. The van der Waals surface area contributed by atoms with Gasteiger partial charge >= 0.3 is 0 Å². The highest BCUT2D eigenvalue weighted by molar-refractivity contribution is 7.20. The van der Waals surface area contributed by atoms with E-state index in [2.05, 4.69) is 10.3 Å². The van der Waals surface area contributed by atoms with E-state index in [9.17, 15) is 4.79 Å². The number of fused-ring (bicyclic) bond motifs is 1. The highest BCUT2D eigenvalue weighted by Gasteiger charge is 2.08. The Hall–Kier alpha value is -2.37. The van der Waals surface area contributed by atoms with E-state index in [1.54, 1.807) is 36.8 Å². The van der Waals surface area contributed by atoms with Crippen LogP contribution >= 0.6 is 22.9 Å². The Morgan fingerprint density at radius 2 is 2.17 bits per heavy atom. The number of rotatable bonds is 5. The second-order valence-electron chi connectivity index (χ2n) is 5.00. The molecule has 1 N–H and O–H groups in total. The van der Waals surface area contributed by atoms with Gasteiger partial charge in [-0.15, -0.1) is 11.3 Å². The Bertz CT molecular complexity index is 905. The van der Waals surface area contributed by atoms with Crippen molar-refractivity contribution in [2.24, 2.45) is 0 Å². The molecule has 0 saturated heterocycles. The van der Waals surface area contributed by atoms with Crippen LogP contribution in [0.25, 0.3) is 16.2 Å². The maximum absolute atomic E-state index is 12.0. The molecule has 0 spiro atoms. The number of pyridine rings is 1. The molecule has 0 aliphatic rings. The van der Waals surface area contributed by atoms with Crippen molar-refractivity contribution >= 4 is 45.0 Å². The number of thiophene rings is 1. The van der Waals surface area contributed by atoms with Crippen LogP contribution in [0.3, 0.4) is 0 Å². The van der Waals surface area contributed by atoms with E-state index in [1.165, 1.54) is 6.08 Å². The predicted octanol–water partition coefficient (Wildman–Crippen LogP) is 4.29. The molecule has 0 fully saturated rings. The fourth-order valence-corrected chi connectivity index (χ4v) is 3.67. The van der Waals surface area contributed by atoms with Crippen LogP contribution in [0.15, 0.2) is 48.7 Å². The first kappa shape index (κ1) is 16.5. The molecule has 3 aromatic rings. The molecule has 0 unspecified atom stereocenters. The highest BCUT2D eigenvalue weighted by atomic mass is 35.5. The lowest BCUT2D eigenvalue weighted by Crippen LogP contribution is -2.20. The van der Waals surface area contributed by atoms with Gasteiger partial charge in [-0.3, -0.25) is 4.79 Å². The first-order valence-electron chi connectivity index (χ1n) is 7.30. The molecule has 6 heteroatoms. The highest BCUT2D eigenvalue weighted by Crippen LogP contribution is 2.35. The minimum Gasteiger partial charge on any atom is -0.481 e. The zero-order chi connectivity index (χ0) is 16.9. The smallest absolute Gasteiger partial charge is 0.244 e. The number of nitrogens with zero attached hydrogens (tertiary/aromatic N) is 1. The molecule has 24 heavy (non-hydrogen) atoms. The fourth-order valence-electron chi connectivity index (χ4n) is 2.28. The van der Waals surface area contributed by atoms with Crippen molar-refractivity contribution in [1.82, 2.24) is 10.3 Å². The molecule has 0 atom stereocenters. The third-order valence-electron chi connectivity index (χ3n) is 3.44. The molecule has 3 rings (SSSR count). The van der Waals surface area contributed by atoms with Gasteiger partial charge in [0.2, 0.25) is 11.8 Å². The molecule has 2 aromatic heterocycles. The molecule has 2 heterocycles. The summed E-state index contributed by atoms with van der Waals surface area (Å²) in [5.74, 6) is 0.309. The largest absolute Gasteiger partial charge is 0.481 e. The van der Waals surface area contributed by atoms with Gasteiger partial charge in [0.05, 0.1) is 12.1 Å². The molecule has 4 nitrogen and oxygen atoms in total. The average molecular weight is 359 g/mol. The molecule has 0 radical (unpaired) electrons. The summed E-state index contributed by atoms with van der Waals surface area (Å²) in [6.45, 7) is 0.348. The normalized spacial score (nSPS) is 11.1. The van der Waals surface area contributed by atoms with Crippen LogP contribution in [0.1, 0.15) is 10.4 Å². The zero-order valence-corrected chi connectivity index (χ0v) is 14.5. The van der Waals surface area contributed by atoms with E-state index in [-0.39, 0.29) is 5.91 Å². The minimum absolute atomic E-state index is 0.200. The number of ether oxygens (including phenoxy) is 1. The van der Waals surface area contributed by atoms with E-state index in [4.69, 9.17) is 16.3 Å². The monoisotopic (exact) mass is 358 g/mol. The van der Waals surface area contributed by atoms with Crippen molar-refractivity contribution < 1.29 is 9.53 Å². The van der Waals surface area contributed by atoms with Gasteiger partial charge in [-0.05, 0) is 18.2 Å². The van der Waals surface area contributed by atoms with Crippen LogP contribution in [0, 0.1) is 0 Å². The van der Waals surface area contributed by atoms with E-state index < -0.39 is 0 Å². The van der Waals surface area contributed by atoms with Crippen LogP contribution < -0.4 is 10.1 Å². The number of hydrogen-bond donors (Lipinski definition) is 1. The maximum atomic E-state index is 12.0. The number of methoxy groups -OCH3 is 1. The third kappa shape index (κ3) is 3.58. The Balaban J connectivity index is 1.67. The van der Waals surface area contributed by atoms with Crippen LogP contribution in [-0.2, 0) is 11.3 Å². The van der Waals surface area contributed by atoms with Crippen molar-refractivity contribution in [2.75, 3.05) is 7.11 Å². The van der Waals surface area contributed by atoms with E-state index in [1.807, 2.05) is 30.3 Å². The summed E-state index contributed by atoms with van der Waals surface area (Å²) in [6, 6.07) is 11.6. The number of halogens is 1. The van der Waals surface area contributed by atoms with Gasteiger partial charge in [-0.2, -0.15) is 0 Å². The molecule has 0 saturated carbocycles. The number of benzene rings is 1. The topological polar surface area (TPSA) is 51.2 Å². The SMILES string of the molecule is COc1ncccc1CNC(=O)/C=C/c1sc2ccccc2c1Cl. The zero-order valence-electron chi connectivity index (χ0n) is 13.0. The molecule has 1 aromatic carbocycles. The molecule has 0 aliphatic carbocycles. The number of aromatic nitrogens is 1. The Kier molecular flexibility index (Phi) is 5.13. The summed E-state index contributed by atoms with van der Waals surface area (Å²) >= 11 is 7.91. The van der Waals surface area contributed by atoms with Gasteiger partial charge in [-0.1, -0.05) is 35.9 Å². The second-order valence-corrected chi connectivity index (χ2v) is 6.46. The first-order chi connectivity index (χ1) is 11.7. The van der Waals surface area contributed by atoms with Crippen LogP contribution in [0.4, 0.5) is 0 Å². The van der Waals surface area contributed by atoms with Gasteiger partial charge in [0.25, 0.3) is 0 Å². The summed E-state index contributed by atoms with van der Waals surface area (Å²) in [4.78, 5) is 17.0. The summed E-state index contributed by atoms with van der Waals surface area (Å²) in [5, 5.41) is 4.49. The fraction of sp³-hybridized carbons (Fsp3) is 0.111. The minimum atomic E-state index is -0.200. The van der Waals surface area contributed by atoms with Gasteiger partial charge < -0.3 is 10.1 Å². The molecule has 0 aliphatic heterocycles. The number of carbonyl (C=O) groups is 1. The Labute approximate surface area is 148 Å². The third-order valence-corrected chi connectivity index (χ3v) is 5.10. The van der Waals surface area contributed by atoms with Crippen molar-refractivity contribution in [2.45, 2.75) is 6.54 Å². The van der Waals surface area contributed by atoms with E-state index >= 15 is 0 Å². The molecular formula is C18H15ClN2O2S. The Morgan fingerprint density at radius 3 is 2.96 bits per heavy atom. The van der Waals surface area contributed by atoms with Gasteiger partial charge in [0, 0.05) is 39.3 Å². The van der Waals surface area contributed by atoms with Crippen molar-refractivity contribution in [1.29, 1.82) is 0 Å². The summed E-state index contributed by atoms with van der Waals surface area (Å²) in [7, 11) is 1.55. The van der Waals surface area contributed by atoms with Gasteiger partial charge in [-0.25, -0.2) is 4.98 Å². The van der Waals surface area contributed by atoms with Gasteiger partial charge in [0.15, 0.2) is 0 Å². The van der Waals surface area contributed by atoms with Crippen LogP contribution in [0.5, 0.6) is 5.88 Å².